The van der Waals surface area contributed by atoms with Crippen molar-refractivity contribution in [2.75, 3.05) is 13.1 Å². The fraction of sp³-hybridized carbons (Fsp3) is 0.391. The highest BCUT2D eigenvalue weighted by atomic mass is 31.1. The van der Waals surface area contributed by atoms with Gasteiger partial charge in [0, 0.05) is 13.1 Å². The first-order valence-corrected chi connectivity index (χ1v) is 10.9. The summed E-state index contributed by atoms with van der Waals surface area (Å²) in [7, 11) is 0.677. The third kappa shape index (κ3) is 8.97. The van der Waals surface area contributed by atoms with Crippen LogP contribution in [0.15, 0.2) is 83.0 Å². The molecular formula is C23H32N3P. The van der Waals surface area contributed by atoms with Gasteiger partial charge >= 0.3 is 0 Å². The molecule has 1 aliphatic heterocycles. The number of allylic oxidation sites excluding steroid dienone is 7. The van der Waals surface area contributed by atoms with E-state index in [1.54, 1.807) is 0 Å². The first-order valence-electron chi connectivity index (χ1n) is 9.91. The van der Waals surface area contributed by atoms with Crippen LogP contribution in [0.3, 0.4) is 0 Å². The van der Waals surface area contributed by atoms with Crippen LogP contribution < -0.4 is 5.30 Å². The predicted octanol–water partition coefficient (Wildman–Crippen LogP) is 6.85. The van der Waals surface area contributed by atoms with Crippen molar-refractivity contribution in [1.29, 1.82) is 0 Å². The standard InChI is InChI=1S/C23H32N3P/c1-3-5-6-7-8-10-14-22(13-4-2)27-23-17-15-21(16-18-23)24-25-26-19-11-9-12-20-26/h3-5,7-8,14-18,27H,2,6,9-13,19-20H2,1H3/b5-3-,8-7-,22-14+,25-24-. The molecule has 0 bridgehead atoms. The molecule has 0 saturated carbocycles. The molecule has 1 aromatic rings. The number of rotatable bonds is 10. The van der Waals surface area contributed by atoms with Crippen LogP contribution in [0, 0.1) is 0 Å². The molecule has 3 nitrogen and oxygen atoms in total. The molecule has 0 N–H and O–H groups in total. The highest BCUT2D eigenvalue weighted by molar-refractivity contribution is 7.51. The molecule has 144 valence electrons. The number of hydrogen-bond acceptors (Lipinski definition) is 2. The van der Waals surface area contributed by atoms with Crippen LogP contribution in [0.25, 0.3) is 0 Å². The van der Waals surface area contributed by atoms with E-state index in [4.69, 9.17) is 0 Å². The molecule has 1 atom stereocenters. The van der Waals surface area contributed by atoms with Gasteiger partial charge in [-0.15, -0.1) is 11.7 Å². The summed E-state index contributed by atoms with van der Waals surface area (Å²) < 4.78 is 0. The molecule has 0 aromatic heterocycles. The van der Waals surface area contributed by atoms with Gasteiger partial charge in [-0.25, -0.2) is 0 Å². The molecule has 1 fully saturated rings. The van der Waals surface area contributed by atoms with Crippen LogP contribution in [-0.4, -0.2) is 18.1 Å². The predicted molar refractivity (Wildman–Crippen MR) is 120 cm³/mol. The smallest absolute Gasteiger partial charge is 0.0874 e. The lowest BCUT2D eigenvalue weighted by Crippen LogP contribution is -2.23. The first kappa shape index (κ1) is 21.3. The van der Waals surface area contributed by atoms with Crippen LogP contribution in [0.2, 0.25) is 0 Å². The van der Waals surface area contributed by atoms with Crippen molar-refractivity contribution in [3.63, 3.8) is 0 Å². The summed E-state index contributed by atoms with van der Waals surface area (Å²) >= 11 is 0. The van der Waals surface area contributed by atoms with Gasteiger partial charge in [0.25, 0.3) is 0 Å². The maximum Gasteiger partial charge on any atom is 0.0874 e. The molecule has 1 saturated heterocycles. The van der Waals surface area contributed by atoms with Gasteiger partial charge in [0.1, 0.15) is 0 Å². The minimum Gasteiger partial charge on any atom is -0.278 e. The van der Waals surface area contributed by atoms with Crippen LogP contribution in [0.4, 0.5) is 5.69 Å². The number of hydrogen-bond donors (Lipinski definition) is 0. The van der Waals surface area contributed by atoms with Gasteiger partial charge in [-0.3, -0.25) is 5.01 Å². The third-order valence-electron chi connectivity index (χ3n) is 4.33. The number of piperidine rings is 1. The summed E-state index contributed by atoms with van der Waals surface area (Å²) in [5.74, 6) is 0. The second kappa shape index (κ2) is 13.2. The van der Waals surface area contributed by atoms with Crippen molar-refractivity contribution in [3.05, 3.63) is 72.6 Å². The highest BCUT2D eigenvalue weighted by Gasteiger charge is 2.07. The summed E-state index contributed by atoms with van der Waals surface area (Å²) in [6.07, 6.45) is 19.7. The topological polar surface area (TPSA) is 28.0 Å². The van der Waals surface area contributed by atoms with E-state index < -0.39 is 0 Å². The zero-order valence-corrected chi connectivity index (χ0v) is 17.5. The molecule has 1 unspecified atom stereocenters. The van der Waals surface area contributed by atoms with Crippen molar-refractivity contribution >= 4 is 19.6 Å². The zero-order valence-electron chi connectivity index (χ0n) is 16.5. The molecule has 1 aliphatic rings. The van der Waals surface area contributed by atoms with E-state index in [9.17, 15) is 0 Å². The Hall–Kier alpha value is -1.99. The maximum atomic E-state index is 4.38. The first-order chi connectivity index (χ1) is 13.3. The van der Waals surface area contributed by atoms with E-state index >= 15 is 0 Å². The van der Waals surface area contributed by atoms with E-state index in [2.05, 4.69) is 83.5 Å². The van der Waals surface area contributed by atoms with Crippen LogP contribution >= 0.6 is 8.58 Å². The Labute approximate surface area is 166 Å². The summed E-state index contributed by atoms with van der Waals surface area (Å²) in [6, 6.07) is 8.47. The Balaban J connectivity index is 1.88. The average Bonchev–Trinajstić information content (AvgIpc) is 2.71. The van der Waals surface area contributed by atoms with E-state index in [0.717, 1.165) is 38.0 Å². The molecule has 0 spiro atoms. The Morgan fingerprint density at radius 2 is 1.81 bits per heavy atom. The lowest BCUT2D eigenvalue weighted by molar-refractivity contribution is 0.224. The minimum absolute atomic E-state index is 0.677. The van der Waals surface area contributed by atoms with Gasteiger partial charge in [0.05, 0.1) is 5.69 Å². The van der Waals surface area contributed by atoms with E-state index in [1.165, 1.54) is 29.9 Å². The lowest BCUT2D eigenvalue weighted by Gasteiger charge is -2.21. The van der Waals surface area contributed by atoms with Crippen molar-refractivity contribution in [1.82, 2.24) is 5.01 Å². The van der Waals surface area contributed by atoms with Gasteiger partial charge in [-0.2, -0.15) is 0 Å². The lowest BCUT2D eigenvalue weighted by atomic mass is 10.2. The van der Waals surface area contributed by atoms with Gasteiger partial charge in [-0.1, -0.05) is 62.4 Å². The quantitative estimate of drug-likeness (QED) is 0.247. The number of nitrogens with zero attached hydrogens (tertiary/aromatic N) is 3. The highest BCUT2D eigenvalue weighted by Crippen LogP contribution is 2.28. The van der Waals surface area contributed by atoms with E-state index in [1.807, 2.05) is 6.08 Å². The van der Waals surface area contributed by atoms with E-state index in [0.29, 0.717) is 8.58 Å². The van der Waals surface area contributed by atoms with Gasteiger partial charge in [0.15, 0.2) is 0 Å². The molecule has 0 aliphatic carbocycles. The maximum absolute atomic E-state index is 4.38. The van der Waals surface area contributed by atoms with Gasteiger partial charge in [0.2, 0.25) is 0 Å². The number of benzene rings is 1. The van der Waals surface area contributed by atoms with E-state index in [-0.39, 0.29) is 0 Å². The SMILES string of the molecule is C=CC/C(=C\C/C=C\C/C=C\C)Pc1ccc(/N=N\N2CCCCC2)cc1. The monoisotopic (exact) mass is 381 g/mol. The molecule has 0 radical (unpaired) electrons. The van der Waals surface area contributed by atoms with Crippen molar-refractivity contribution in [2.45, 2.75) is 45.4 Å². The Morgan fingerprint density at radius 1 is 1.07 bits per heavy atom. The van der Waals surface area contributed by atoms with Crippen LogP contribution in [-0.2, 0) is 0 Å². The summed E-state index contributed by atoms with van der Waals surface area (Å²) in [5.41, 5.74) is 0.926. The molecule has 4 heteroatoms. The van der Waals surface area contributed by atoms with Gasteiger partial charge < -0.3 is 0 Å². The fourth-order valence-corrected chi connectivity index (χ4v) is 4.01. The molecule has 0 amide bonds. The normalized spacial score (nSPS) is 16.5. The van der Waals surface area contributed by atoms with Crippen molar-refractivity contribution in [3.8, 4) is 0 Å². The van der Waals surface area contributed by atoms with Crippen LogP contribution in [0.5, 0.6) is 0 Å². The van der Waals surface area contributed by atoms with Crippen molar-refractivity contribution < 1.29 is 0 Å². The van der Waals surface area contributed by atoms with Crippen molar-refractivity contribution in [2.24, 2.45) is 10.3 Å². The summed E-state index contributed by atoms with van der Waals surface area (Å²) in [4.78, 5) is 0. The second-order valence-corrected chi connectivity index (χ2v) is 8.08. The molecule has 1 aromatic carbocycles. The molecule has 1 heterocycles. The van der Waals surface area contributed by atoms with Crippen LogP contribution in [0.1, 0.15) is 45.4 Å². The Kier molecular flexibility index (Phi) is 10.4. The largest absolute Gasteiger partial charge is 0.278 e. The summed E-state index contributed by atoms with van der Waals surface area (Å²) in [5, 5.41) is 13.6. The minimum atomic E-state index is 0.677. The molecule has 27 heavy (non-hydrogen) atoms. The van der Waals surface area contributed by atoms with Gasteiger partial charge in [-0.05, 0) is 68.2 Å². The summed E-state index contributed by atoms with van der Waals surface area (Å²) in [6.45, 7) is 8.01. The molecular weight excluding hydrogens is 349 g/mol. The Morgan fingerprint density at radius 3 is 2.52 bits per heavy atom. The molecule has 2 rings (SSSR count). The fourth-order valence-electron chi connectivity index (χ4n) is 2.84. The zero-order chi connectivity index (χ0) is 19.2. The third-order valence-corrected chi connectivity index (χ3v) is 5.68. The Bertz CT molecular complexity index is 665. The average molecular weight is 382 g/mol. The second-order valence-electron chi connectivity index (χ2n) is 6.61.